The van der Waals surface area contributed by atoms with Crippen LogP contribution in [0.3, 0.4) is 0 Å². The fourth-order valence-electron chi connectivity index (χ4n) is 1.96. The number of rotatable bonds is 5. The Hall–Kier alpha value is -2.74. The molecule has 7 nitrogen and oxygen atoms in total. The Morgan fingerprint density at radius 2 is 2.00 bits per heavy atom. The van der Waals surface area contributed by atoms with E-state index in [1.54, 1.807) is 26.0 Å². The van der Waals surface area contributed by atoms with Crippen molar-refractivity contribution in [1.82, 2.24) is 15.3 Å². The van der Waals surface area contributed by atoms with Crippen LogP contribution in [-0.2, 0) is 23.3 Å². The zero-order chi connectivity index (χ0) is 17.9. The topological polar surface area (TPSA) is 121 Å². The summed E-state index contributed by atoms with van der Waals surface area (Å²) in [6, 6.07) is 5.68. The van der Waals surface area contributed by atoms with Gasteiger partial charge in [-0.1, -0.05) is 12.1 Å². The van der Waals surface area contributed by atoms with Crippen molar-refractivity contribution in [3.05, 3.63) is 57.5 Å². The van der Waals surface area contributed by atoms with Gasteiger partial charge in [0, 0.05) is 6.54 Å². The van der Waals surface area contributed by atoms with Gasteiger partial charge in [-0.15, -0.1) is 0 Å². The molecular weight excluding hydrogens is 315 g/mol. The van der Waals surface area contributed by atoms with E-state index in [0.717, 1.165) is 5.56 Å². The molecule has 8 heteroatoms. The minimum Gasteiger partial charge on any atom is -0.502 e. The zero-order valence-corrected chi connectivity index (χ0v) is 13.4. The standard InChI is InChI=1S/C16H19FN4O3/c1-16(2,18)15-20-11(13(23)14(24)21-15)7-12(22)19-8-9-3-5-10(17)6-4-9/h3-6,23H,7-8,18H2,1-2H3,(H,19,22)(H,20,21,24). The Morgan fingerprint density at radius 3 is 2.58 bits per heavy atom. The molecule has 0 saturated heterocycles. The van der Waals surface area contributed by atoms with Crippen molar-refractivity contribution >= 4 is 5.91 Å². The quantitative estimate of drug-likeness (QED) is 0.640. The molecule has 1 amide bonds. The first-order chi connectivity index (χ1) is 11.2. The van der Waals surface area contributed by atoms with Crippen molar-refractivity contribution in [3.63, 3.8) is 0 Å². The molecule has 24 heavy (non-hydrogen) atoms. The highest BCUT2D eigenvalue weighted by Gasteiger charge is 2.21. The van der Waals surface area contributed by atoms with Gasteiger partial charge in [0.1, 0.15) is 11.6 Å². The molecule has 0 spiro atoms. The van der Waals surface area contributed by atoms with Gasteiger partial charge < -0.3 is 21.1 Å². The average molecular weight is 334 g/mol. The lowest BCUT2D eigenvalue weighted by Gasteiger charge is -2.18. The number of nitrogens with one attached hydrogen (secondary N) is 2. The van der Waals surface area contributed by atoms with Crippen LogP contribution in [-0.4, -0.2) is 21.0 Å². The molecule has 128 valence electrons. The van der Waals surface area contributed by atoms with Crippen molar-refractivity contribution in [2.75, 3.05) is 0 Å². The number of amides is 1. The number of hydrogen-bond acceptors (Lipinski definition) is 5. The van der Waals surface area contributed by atoms with Crippen LogP contribution in [0, 0.1) is 5.82 Å². The molecular formula is C16H19FN4O3. The Kier molecular flexibility index (Phi) is 4.99. The second-order valence-electron chi connectivity index (χ2n) is 6.01. The first kappa shape index (κ1) is 17.6. The highest BCUT2D eigenvalue weighted by atomic mass is 19.1. The van der Waals surface area contributed by atoms with Crippen molar-refractivity contribution in [2.45, 2.75) is 32.4 Å². The summed E-state index contributed by atoms with van der Waals surface area (Å²) in [4.78, 5) is 30.2. The molecule has 0 bridgehead atoms. The van der Waals surface area contributed by atoms with Crippen LogP contribution in [0.25, 0.3) is 0 Å². The maximum Gasteiger partial charge on any atom is 0.293 e. The van der Waals surface area contributed by atoms with Gasteiger partial charge in [-0.25, -0.2) is 9.37 Å². The second-order valence-corrected chi connectivity index (χ2v) is 6.01. The average Bonchev–Trinajstić information content (AvgIpc) is 2.50. The lowest BCUT2D eigenvalue weighted by molar-refractivity contribution is -0.120. The number of carbonyl (C=O) groups excluding carboxylic acids is 1. The summed E-state index contributed by atoms with van der Waals surface area (Å²) in [6.07, 6.45) is -0.278. The predicted octanol–water partition coefficient (Wildman–Crippen LogP) is 0.667. The number of aromatic hydroxyl groups is 1. The second kappa shape index (κ2) is 6.79. The van der Waals surface area contributed by atoms with Gasteiger partial charge in [0.2, 0.25) is 11.7 Å². The molecule has 1 aromatic carbocycles. The maximum absolute atomic E-state index is 12.8. The van der Waals surface area contributed by atoms with Crippen LogP contribution in [0.5, 0.6) is 5.75 Å². The molecule has 0 unspecified atom stereocenters. The number of nitrogens with two attached hydrogens (primary N) is 1. The minimum atomic E-state index is -0.924. The van der Waals surface area contributed by atoms with Crippen LogP contribution in [0.15, 0.2) is 29.1 Å². The van der Waals surface area contributed by atoms with E-state index in [-0.39, 0.29) is 30.3 Å². The van der Waals surface area contributed by atoms with Crippen molar-refractivity contribution in [3.8, 4) is 5.75 Å². The number of aromatic nitrogens is 2. The number of benzene rings is 1. The van der Waals surface area contributed by atoms with Crippen molar-refractivity contribution in [2.24, 2.45) is 5.73 Å². The van der Waals surface area contributed by atoms with E-state index in [0.29, 0.717) is 0 Å². The Balaban J connectivity index is 2.09. The number of aromatic amines is 1. The molecule has 0 atom stereocenters. The van der Waals surface area contributed by atoms with Gasteiger partial charge in [-0.2, -0.15) is 0 Å². The number of H-pyrrole nitrogens is 1. The molecule has 0 aliphatic rings. The van der Waals surface area contributed by atoms with Crippen molar-refractivity contribution < 1.29 is 14.3 Å². The van der Waals surface area contributed by atoms with Gasteiger partial charge >= 0.3 is 0 Å². The van der Waals surface area contributed by atoms with Crippen LogP contribution < -0.4 is 16.6 Å². The van der Waals surface area contributed by atoms with E-state index in [1.165, 1.54) is 12.1 Å². The lowest BCUT2D eigenvalue weighted by Crippen LogP contribution is -2.34. The first-order valence-corrected chi connectivity index (χ1v) is 7.29. The first-order valence-electron chi connectivity index (χ1n) is 7.29. The van der Waals surface area contributed by atoms with Gasteiger partial charge in [-0.3, -0.25) is 9.59 Å². The third kappa shape index (κ3) is 4.39. The normalized spacial score (nSPS) is 11.3. The summed E-state index contributed by atoms with van der Waals surface area (Å²) in [6.45, 7) is 3.47. The van der Waals surface area contributed by atoms with Gasteiger partial charge in [0.25, 0.3) is 5.56 Å². The van der Waals surface area contributed by atoms with E-state index in [4.69, 9.17) is 5.73 Å². The van der Waals surface area contributed by atoms with Crippen LogP contribution >= 0.6 is 0 Å². The summed E-state index contributed by atoms with van der Waals surface area (Å²) in [5.74, 6) is -1.24. The number of halogens is 1. The molecule has 0 saturated carbocycles. The highest BCUT2D eigenvalue weighted by Crippen LogP contribution is 2.15. The van der Waals surface area contributed by atoms with Gasteiger partial charge in [0.15, 0.2) is 0 Å². The smallest absolute Gasteiger partial charge is 0.293 e. The maximum atomic E-state index is 12.8. The number of hydrogen-bond donors (Lipinski definition) is 4. The fraction of sp³-hybridized carbons (Fsp3) is 0.312. The predicted molar refractivity (Wildman–Crippen MR) is 85.7 cm³/mol. The van der Waals surface area contributed by atoms with E-state index in [1.807, 2.05) is 0 Å². The summed E-state index contributed by atoms with van der Waals surface area (Å²) in [7, 11) is 0. The van der Waals surface area contributed by atoms with E-state index < -0.39 is 22.8 Å². The number of nitrogens with zero attached hydrogens (tertiary/aromatic N) is 1. The molecule has 2 rings (SSSR count). The van der Waals surface area contributed by atoms with E-state index in [2.05, 4.69) is 15.3 Å². The van der Waals surface area contributed by atoms with E-state index >= 15 is 0 Å². The Bertz CT molecular complexity index is 794. The third-order valence-corrected chi connectivity index (χ3v) is 3.31. The molecule has 0 fully saturated rings. The summed E-state index contributed by atoms with van der Waals surface area (Å²) in [5, 5.41) is 12.4. The molecule has 1 heterocycles. The Morgan fingerprint density at radius 1 is 1.38 bits per heavy atom. The van der Waals surface area contributed by atoms with Gasteiger partial charge in [0.05, 0.1) is 17.7 Å². The molecule has 1 aromatic heterocycles. The van der Waals surface area contributed by atoms with Gasteiger partial charge in [-0.05, 0) is 31.5 Å². The zero-order valence-electron chi connectivity index (χ0n) is 13.4. The Labute approximate surface area is 137 Å². The molecule has 2 aromatic rings. The molecule has 0 aliphatic heterocycles. The van der Waals surface area contributed by atoms with Crippen molar-refractivity contribution in [1.29, 1.82) is 0 Å². The van der Waals surface area contributed by atoms with Crippen LogP contribution in [0.2, 0.25) is 0 Å². The summed E-state index contributed by atoms with van der Waals surface area (Å²) in [5.41, 5.74) is 4.87. The molecule has 0 radical (unpaired) electrons. The summed E-state index contributed by atoms with van der Waals surface area (Å²) >= 11 is 0. The molecule has 0 aliphatic carbocycles. The fourth-order valence-corrected chi connectivity index (χ4v) is 1.96. The monoisotopic (exact) mass is 334 g/mol. The summed E-state index contributed by atoms with van der Waals surface area (Å²) < 4.78 is 12.8. The SMILES string of the molecule is CC(C)(N)c1nc(CC(=O)NCc2ccc(F)cc2)c(O)c(=O)[nH]1. The van der Waals surface area contributed by atoms with Crippen LogP contribution in [0.4, 0.5) is 4.39 Å². The number of carbonyl (C=O) groups is 1. The highest BCUT2D eigenvalue weighted by molar-refractivity contribution is 5.78. The molecule has 5 N–H and O–H groups in total. The van der Waals surface area contributed by atoms with E-state index in [9.17, 15) is 19.1 Å². The minimum absolute atomic E-state index is 0.0520. The lowest BCUT2D eigenvalue weighted by atomic mass is 10.1. The third-order valence-electron chi connectivity index (χ3n) is 3.31. The largest absolute Gasteiger partial charge is 0.502 e. The van der Waals surface area contributed by atoms with Crippen LogP contribution in [0.1, 0.15) is 30.9 Å².